The average molecular weight is 483 g/mol. The molecule has 0 aromatic heterocycles. The molecule has 0 spiro atoms. The van der Waals surface area contributed by atoms with E-state index in [1.165, 1.54) is 11.1 Å². The minimum atomic E-state index is -5.05. The van der Waals surface area contributed by atoms with Crippen molar-refractivity contribution in [2.24, 2.45) is 17.8 Å². The van der Waals surface area contributed by atoms with Gasteiger partial charge in [0.2, 0.25) is 0 Å². The second kappa shape index (κ2) is 10.5. The third kappa shape index (κ3) is 7.09. The fraction of sp³-hybridized carbons (Fsp3) is 0.760. The van der Waals surface area contributed by atoms with Crippen LogP contribution in [0.25, 0.3) is 0 Å². The Morgan fingerprint density at radius 3 is 1.94 bits per heavy atom. The fourth-order valence-electron chi connectivity index (χ4n) is 5.25. The number of hydrogen-bond donors (Lipinski definition) is 0. The highest BCUT2D eigenvalue weighted by Crippen LogP contribution is 2.49. The van der Waals surface area contributed by atoms with Crippen LogP contribution >= 0.6 is 0 Å². The van der Waals surface area contributed by atoms with Crippen LogP contribution in [0.1, 0.15) is 75.8 Å². The standard InChI is InChI=1S/C25H33F7O/c1-2-3-17-4-6-18(7-5-17)8-9-19-10-12-20(13-11-19)25(31,32)33-21-14-15-22(24(28,29)30)23(26,27)16-21/h4-7,19-22H,2-3,8-16H2,1H3. The molecule has 0 N–H and O–H groups in total. The highest BCUT2D eigenvalue weighted by molar-refractivity contribution is 5.22. The maximum Gasteiger partial charge on any atom is 0.397 e. The second-order valence-electron chi connectivity index (χ2n) is 9.76. The summed E-state index contributed by atoms with van der Waals surface area (Å²) >= 11 is 0. The lowest BCUT2D eigenvalue weighted by Crippen LogP contribution is -2.48. The van der Waals surface area contributed by atoms with Crippen molar-refractivity contribution in [2.75, 3.05) is 0 Å². The normalized spacial score (nSPS) is 28.6. The Kier molecular flexibility index (Phi) is 8.39. The van der Waals surface area contributed by atoms with E-state index in [1.807, 2.05) is 0 Å². The molecule has 33 heavy (non-hydrogen) atoms. The highest BCUT2D eigenvalue weighted by Gasteiger charge is 2.59. The Morgan fingerprint density at radius 1 is 0.848 bits per heavy atom. The monoisotopic (exact) mass is 482 g/mol. The maximum absolute atomic E-state index is 14.7. The van der Waals surface area contributed by atoms with E-state index < -0.39 is 55.4 Å². The molecule has 2 fully saturated rings. The van der Waals surface area contributed by atoms with Crippen LogP contribution < -0.4 is 0 Å². The van der Waals surface area contributed by atoms with E-state index in [2.05, 4.69) is 31.2 Å². The average Bonchev–Trinajstić information content (AvgIpc) is 2.72. The molecule has 188 valence electrons. The topological polar surface area (TPSA) is 9.23 Å². The van der Waals surface area contributed by atoms with Gasteiger partial charge in [-0.3, -0.25) is 0 Å². The molecule has 1 nitrogen and oxygen atoms in total. The van der Waals surface area contributed by atoms with Crippen molar-refractivity contribution in [3.8, 4) is 0 Å². The minimum absolute atomic E-state index is 0.224. The summed E-state index contributed by atoms with van der Waals surface area (Å²) in [6, 6.07) is 8.47. The molecule has 1 aromatic rings. The van der Waals surface area contributed by atoms with Crippen LogP contribution in [0.2, 0.25) is 0 Å². The smallest absolute Gasteiger partial charge is 0.317 e. The van der Waals surface area contributed by atoms with Crippen LogP contribution in [0, 0.1) is 17.8 Å². The number of ether oxygens (including phenoxy) is 1. The Balaban J connectivity index is 1.45. The first kappa shape index (κ1) is 26.3. The number of benzene rings is 1. The number of rotatable bonds is 8. The molecule has 2 saturated carbocycles. The molecule has 2 aliphatic carbocycles. The molecule has 0 radical (unpaired) electrons. The van der Waals surface area contributed by atoms with Gasteiger partial charge < -0.3 is 4.74 Å². The van der Waals surface area contributed by atoms with Crippen molar-refractivity contribution < 1.29 is 35.5 Å². The molecule has 2 atom stereocenters. The van der Waals surface area contributed by atoms with Gasteiger partial charge in [-0.15, -0.1) is 0 Å². The van der Waals surface area contributed by atoms with Gasteiger partial charge in [0.1, 0.15) is 5.92 Å². The Morgan fingerprint density at radius 2 is 1.42 bits per heavy atom. The summed E-state index contributed by atoms with van der Waals surface area (Å²) in [6.45, 7) is 2.13. The van der Waals surface area contributed by atoms with Crippen molar-refractivity contribution in [1.82, 2.24) is 0 Å². The maximum atomic E-state index is 14.7. The molecule has 2 unspecified atom stereocenters. The molecule has 1 aromatic carbocycles. The Bertz CT molecular complexity index is 736. The quantitative estimate of drug-likeness (QED) is 0.338. The predicted molar refractivity (Wildman–Crippen MR) is 112 cm³/mol. The predicted octanol–water partition coefficient (Wildman–Crippen LogP) is 8.35. The first-order valence-corrected chi connectivity index (χ1v) is 12.0. The minimum Gasteiger partial charge on any atom is -0.317 e. The number of hydrogen-bond acceptors (Lipinski definition) is 1. The summed E-state index contributed by atoms with van der Waals surface area (Å²) in [5, 5.41) is 0. The van der Waals surface area contributed by atoms with Gasteiger partial charge in [0.05, 0.1) is 12.0 Å². The van der Waals surface area contributed by atoms with Crippen molar-refractivity contribution in [2.45, 2.75) is 102 Å². The van der Waals surface area contributed by atoms with Crippen LogP contribution in [0.15, 0.2) is 24.3 Å². The SMILES string of the molecule is CCCc1ccc(CCC2CCC(C(F)(F)OC3CCC(C(F)(F)F)C(F)(F)C3)CC2)cc1. The molecular formula is C25H33F7O. The number of aryl methyl sites for hydroxylation is 2. The van der Waals surface area contributed by atoms with Crippen LogP contribution in [0.3, 0.4) is 0 Å². The van der Waals surface area contributed by atoms with Crippen molar-refractivity contribution >= 4 is 0 Å². The fourth-order valence-corrected chi connectivity index (χ4v) is 5.25. The summed E-state index contributed by atoms with van der Waals surface area (Å²) in [7, 11) is 0. The molecule has 0 aliphatic heterocycles. The molecule has 8 heteroatoms. The van der Waals surface area contributed by atoms with Gasteiger partial charge in [-0.2, -0.15) is 22.0 Å². The highest BCUT2D eigenvalue weighted by atomic mass is 19.4. The van der Waals surface area contributed by atoms with E-state index >= 15 is 0 Å². The van der Waals surface area contributed by atoms with E-state index in [0.29, 0.717) is 18.8 Å². The first-order chi connectivity index (χ1) is 15.4. The lowest BCUT2D eigenvalue weighted by molar-refractivity contribution is -0.323. The van der Waals surface area contributed by atoms with Crippen molar-refractivity contribution in [1.29, 1.82) is 0 Å². The molecule has 0 bridgehead atoms. The number of alkyl halides is 7. The lowest BCUT2D eigenvalue weighted by Gasteiger charge is -2.40. The van der Waals surface area contributed by atoms with Crippen LogP contribution in [0.5, 0.6) is 0 Å². The third-order valence-corrected chi connectivity index (χ3v) is 7.23. The third-order valence-electron chi connectivity index (χ3n) is 7.23. The van der Waals surface area contributed by atoms with Crippen molar-refractivity contribution in [3.05, 3.63) is 35.4 Å². The van der Waals surface area contributed by atoms with Crippen molar-refractivity contribution in [3.63, 3.8) is 0 Å². The number of halogens is 7. The zero-order valence-corrected chi connectivity index (χ0v) is 19.0. The first-order valence-electron chi connectivity index (χ1n) is 12.0. The summed E-state index contributed by atoms with van der Waals surface area (Å²) < 4.78 is 100. The molecule has 0 saturated heterocycles. The molecule has 2 aliphatic rings. The van der Waals surface area contributed by atoms with E-state index in [4.69, 9.17) is 4.74 Å². The van der Waals surface area contributed by atoms with E-state index in [0.717, 1.165) is 25.7 Å². The molecule has 0 amide bonds. The van der Waals surface area contributed by atoms with Gasteiger partial charge in [-0.1, -0.05) is 37.6 Å². The van der Waals surface area contributed by atoms with Crippen LogP contribution in [-0.4, -0.2) is 24.3 Å². The molecule has 0 heterocycles. The Labute approximate surface area is 191 Å². The second-order valence-corrected chi connectivity index (χ2v) is 9.76. The summed E-state index contributed by atoms with van der Waals surface area (Å²) in [5.74, 6) is -7.66. The van der Waals surface area contributed by atoms with Crippen LogP contribution in [-0.2, 0) is 17.6 Å². The lowest BCUT2D eigenvalue weighted by atomic mass is 9.78. The molecular weight excluding hydrogens is 449 g/mol. The van der Waals surface area contributed by atoms with E-state index in [-0.39, 0.29) is 12.8 Å². The van der Waals surface area contributed by atoms with Gasteiger partial charge in [-0.05, 0) is 74.8 Å². The zero-order valence-electron chi connectivity index (χ0n) is 19.0. The summed E-state index contributed by atoms with van der Waals surface area (Å²) in [6.07, 6.45) is -7.31. The largest absolute Gasteiger partial charge is 0.397 e. The van der Waals surface area contributed by atoms with E-state index in [9.17, 15) is 30.7 Å². The molecule has 3 rings (SSSR count). The van der Waals surface area contributed by atoms with Crippen LogP contribution in [0.4, 0.5) is 30.7 Å². The van der Waals surface area contributed by atoms with E-state index in [1.54, 1.807) is 0 Å². The van der Waals surface area contributed by atoms with Gasteiger partial charge in [0, 0.05) is 6.42 Å². The van der Waals surface area contributed by atoms with Gasteiger partial charge in [-0.25, -0.2) is 8.78 Å². The zero-order chi connectivity index (χ0) is 24.3. The Hall–Kier alpha value is -1.31. The summed E-state index contributed by atoms with van der Waals surface area (Å²) in [5.41, 5.74) is 2.52. The van der Waals surface area contributed by atoms with Gasteiger partial charge in [0.25, 0.3) is 5.92 Å². The van der Waals surface area contributed by atoms with Gasteiger partial charge in [0.15, 0.2) is 0 Å². The van der Waals surface area contributed by atoms with Gasteiger partial charge >= 0.3 is 12.3 Å². The summed E-state index contributed by atoms with van der Waals surface area (Å²) in [4.78, 5) is 0.